The zero-order chi connectivity index (χ0) is 19.2. The molecule has 146 valence electrons. The second-order valence-electron chi connectivity index (χ2n) is 8.09. The highest BCUT2D eigenvalue weighted by atomic mass is 32.2. The number of aromatic nitrogens is 1. The minimum Gasteiger partial charge on any atom is -0.369 e. The zero-order valence-corrected chi connectivity index (χ0v) is 17.0. The summed E-state index contributed by atoms with van der Waals surface area (Å²) >= 11 is 1.56. The molecule has 1 aromatic heterocycles. The maximum Gasteiger partial charge on any atom is 0.251 e. The number of nitrogens with zero attached hydrogens (tertiary/aromatic N) is 2. The lowest BCUT2D eigenvalue weighted by atomic mass is 9.73. The van der Waals surface area contributed by atoms with Gasteiger partial charge in [-0.15, -0.1) is 0 Å². The van der Waals surface area contributed by atoms with Crippen molar-refractivity contribution in [3.8, 4) is 0 Å². The van der Waals surface area contributed by atoms with Crippen LogP contribution in [0.2, 0.25) is 0 Å². The van der Waals surface area contributed by atoms with E-state index in [-0.39, 0.29) is 29.4 Å². The third kappa shape index (κ3) is 3.36. The molecule has 0 radical (unpaired) electrons. The molecule has 3 fully saturated rings. The third-order valence-corrected chi connectivity index (χ3v) is 6.78. The Morgan fingerprint density at radius 2 is 2.11 bits per heavy atom. The highest BCUT2D eigenvalue weighted by molar-refractivity contribution is 7.99. The van der Waals surface area contributed by atoms with Crippen molar-refractivity contribution in [1.29, 1.82) is 0 Å². The summed E-state index contributed by atoms with van der Waals surface area (Å²) in [6.07, 6.45) is 4.21. The van der Waals surface area contributed by atoms with Crippen molar-refractivity contribution < 1.29 is 14.3 Å². The summed E-state index contributed by atoms with van der Waals surface area (Å²) in [5.74, 6) is 1.26. The molecule has 1 spiro atoms. The second kappa shape index (κ2) is 7.09. The molecule has 6 nitrogen and oxygen atoms in total. The zero-order valence-electron chi connectivity index (χ0n) is 16.2. The van der Waals surface area contributed by atoms with Crippen LogP contribution in [0.25, 0.3) is 0 Å². The largest absolute Gasteiger partial charge is 0.369 e. The number of carbonyl (C=O) groups is 2. The molecule has 7 heteroatoms. The van der Waals surface area contributed by atoms with Gasteiger partial charge in [-0.05, 0) is 45.1 Å². The number of pyridine rings is 1. The van der Waals surface area contributed by atoms with Crippen LogP contribution in [0, 0.1) is 25.7 Å². The molecule has 2 bridgehead atoms. The number of ether oxygens (including phenoxy) is 1. The van der Waals surface area contributed by atoms with Crippen molar-refractivity contribution >= 4 is 23.6 Å². The minimum absolute atomic E-state index is 0.0614. The number of thioether (sulfide) groups is 1. The van der Waals surface area contributed by atoms with Gasteiger partial charge in [-0.2, -0.15) is 11.8 Å². The first kappa shape index (κ1) is 18.7. The van der Waals surface area contributed by atoms with Gasteiger partial charge in [-0.3, -0.25) is 14.6 Å². The Balaban J connectivity index is 1.42. The molecule has 27 heavy (non-hydrogen) atoms. The first-order chi connectivity index (χ1) is 12.9. The van der Waals surface area contributed by atoms with Gasteiger partial charge in [0.25, 0.3) is 5.91 Å². The Labute approximate surface area is 164 Å². The van der Waals surface area contributed by atoms with Crippen LogP contribution in [0.4, 0.5) is 0 Å². The minimum atomic E-state index is -0.183. The van der Waals surface area contributed by atoms with E-state index in [4.69, 9.17) is 4.74 Å². The topological polar surface area (TPSA) is 71.5 Å². The highest BCUT2D eigenvalue weighted by Gasteiger charge is 2.63. The number of aryl methyl sites for hydroxylation is 2. The number of rotatable bonds is 5. The van der Waals surface area contributed by atoms with Crippen LogP contribution in [-0.2, 0) is 9.53 Å². The standard InChI is InChI=1S/C20H27N3O3S/c1-12-6-14(7-13(2)22-12)19(25)21-8-15-16-9-23(18(24)10-27-3)11-20(16)5-4-17(15)26-20/h6-7,15-17H,4-5,8-11H2,1-3H3,(H,21,25)/t15-,16+,17+,20+/m0/s1. The molecule has 0 saturated carbocycles. The Bertz CT molecular complexity index is 751. The summed E-state index contributed by atoms with van der Waals surface area (Å²) in [4.78, 5) is 31.3. The van der Waals surface area contributed by atoms with Gasteiger partial charge in [0.05, 0.1) is 24.0 Å². The number of likely N-dealkylation sites (tertiary alicyclic amines) is 1. The van der Waals surface area contributed by atoms with Crippen molar-refractivity contribution in [2.45, 2.75) is 38.4 Å². The van der Waals surface area contributed by atoms with Gasteiger partial charge in [0.15, 0.2) is 0 Å². The molecule has 2 amide bonds. The summed E-state index contributed by atoms with van der Waals surface area (Å²) in [5.41, 5.74) is 2.17. The van der Waals surface area contributed by atoms with Crippen LogP contribution in [0.3, 0.4) is 0 Å². The van der Waals surface area contributed by atoms with Crippen LogP contribution >= 0.6 is 11.8 Å². The molecular formula is C20H27N3O3S. The maximum absolute atomic E-state index is 12.6. The monoisotopic (exact) mass is 389 g/mol. The number of nitrogens with one attached hydrogen (secondary N) is 1. The predicted molar refractivity (Wildman–Crippen MR) is 105 cm³/mol. The van der Waals surface area contributed by atoms with E-state index in [2.05, 4.69) is 10.3 Å². The molecule has 4 rings (SSSR count). The number of carbonyl (C=O) groups excluding carboxylic acids is 2. The average Bonchev–Trinajstić information content (AvgIpc) is 3.27. The van der Waals surface area contributed by atoms with Crippen LogP contribution in [0.1, 0.15) is 34.6 Å². The fraction of sp³-hybridized carbons (Fsp3) is 0.650. The Morgan fingerprint density at radius 1 is 1.37 bits per heavy atom. The normalized spacial score (nSPS) is 31.2. The molecule has 1 aromatic rings. The molecule has 1 N–H and O–H groups in total. The van der Waals surface area contributed by atoms with Gasteiger partial charge in [-0.1, -0.05) is 0 Å². The number of amides is 2. The summed E-state index contributed by atoms with van der Waals surface area (Å²) < 4.78 is 6.37. The van der Waals surface area contributed by atoms with E-state index in [1.165, 1.54) is 0 Å². The summed E-state index contributed by atoms with van der Waals surface area (Å²) in [7, 11) is 0. The van der Waals surface area contributed by atoms with Gasteiger partial charge < -0.3 is 15.0 Å². The number of hydrogen-bond donors (Lipinski definition) is 1. The highest BCUT2D eigenvalue weighted by Crippen LogP contribution is 2.54. The molecule has 0 unspecified atom stereocenters. The fourth-order valence-electron chi connectivity index (χ4n) is 5.15. The van der Waals surface area contributed by atoms with Gasteiger partial charge in [0, 0.05) is 41.9 Å². The third-order valence-electron chi connectivity index (χ3n) is 6.25. The van der Waals surface area contributed by atoms with E-state index in [9.17, 15) is 9.59 Å². The Morgan fingerprint density at radius 3 is 2.81 bits per heavy atom. The van der Waals surface area contributed by atoms with E-state index >= 15 is 0 Å². The van der Waals surface area contributed by atoms with Crippen LogP contribution in [0.5, 0.6) is 0 Å². The van der Waals surface area contributed by atoms with Crippen molar-refractivity contribution in [3.63, 3.8) is 0 Å². The van der Waals surface area contributed by atoms with Crippen molar-refractivity contribution in [1.82, 2.24) is 15.2 Å². The summed E-state index contributed by atoms with van der Waals surface area (Å²) in [6.45, 7) is 5.86. The van der Waals surface area contributed by atoms with E-state index in [1.807, 2.05) is 37.1 Å². The lowest BCUT2D eigenvalue weighted by molar-refractivity contribution is -0.128. The van der Waals surface area contributed by atoms with Crippen LogP contribution in [0.15, 0.2) is 12.1 Å². The van der Waals surface area contributed by atoms with E-state index in [1.54, 1.807) is 11.8 Å². The SMILES string of the molecule is CSCC(=O)N1C[C@@H]2[C@H](CNC(=O)c3cc(C)nc(C)c3)[C@H]3CC[C@]2(C1)O3. The van der Waals surface area contributed by atoms with Crippen LogP contribution < -0.4 is 5.32 Å². The summed E-state index contributed by atoms with van der Waals surface area (Å²) in [6, 6.07) is 3.64. The molecule has 4 heterocycles. The molecule has 0 aliphatic carbocycles. The lowest BCUT2D eigenvalue weighted by Crippen LogP contribution is -2.41. The van der Waals surface area contributed by atoms with E-state index in [0.29, 0.717) is 30.3 Å². The van der Waals surface area contributed by atoms with Gasteiger partial charge in [0.2, 0.25) is 5.91 Å². The van der Waals surface area contributed by atoms with Gasteiger partial charge in [0.1, 0.15) is 0 Å². The quantitative estimate of drug-likeness (QED) is 0.831. The van der Waals surface area contributed by atoms with Gasteiger partial charge >= 0.3 is 0 Å². The van der Waals surface area contributed by atoms with E-state index < -0.39 is 0 Å². The molecule has 3 saturated heterocycles. The Hall–Kier alpha value is -1.60. The van der Waals surface area contributed by atoms with Crippen LogP contribution in [-0.4, -0.2) is 65.0 Å². The van der Waals surface area contributed by atoms with Crippen molar-refractivity contribution in [3.05, 3.63) is 29.1 Å². The summed E-state index contributed by atoms with van der Waals surface area (Å²) in [5, 5.41) is 3.10. The molecule has 4 atom stereocenters. The fourth-order valence-corrected chi connectivity index (χ4v) is 5.58. The van der Waals surface area contributed by atoms with Crippen molar-refractivity contribution in [2.75, 3.05) is 31.6 Å². The van der Waals surface area contributed by atoms with Crippen molar-refractivity contribution in [2.24, 2.45) is 11.8 Å². The first-order valence-corrected chi connectivity index (χ1v) is 11.0. The number of fused-ring (bicyclic) bond motifs is 1. The molecule has 3 aliphatic rings. The molecule has 3 aliphatic heterocycles. The Kier molecular flexibility index (Phi) is 4.93. The lowest BCUT2D eigenvalue weighted by Gasteiger charge is -2.29. The average molecular weight is 390 g/mol. The molecular weight excluding hydrogens is 362 g/mol. The first-order valence-electron chi connectivity index (χ1n) is 9.60. The smallest absolute Gasteiger partial charge is 0.251 e. The van der Waals surface area contributed by atoms with E-state index in [0.717, 1.165) is 30.8 Å². The van der Waals surface area contributed by atoms with Gasteiger partial charge in [-0.25, -0.2) is 0 Å². The maximum atomic E-state index is 12.6. The molecule has 0 aromatic carbocycles. The number of hydrogen-bond acceptors (Lipinski definition) is 5. The predicted octanol–water partition coefficient (Wildman–Crippen LogP) is 1.80. The second-order valence-corrected chi connectivity index (χ2v) is 8.95.